The van der Waals surface area contributed by atoms with Gasteiger partial charge in [0.2, 0.25) is 0 Å². The number of thiazole rings is 1. The van der Waals surface area contributed by atoms with E-state index in [9.17, 15) is 13.2 Å². The lowest BCUT2D eigenvalue weighted by atomic mass is 10.4. The molecule has 1 aromatic heterocycles. The summed E-state index contributed by atoms with van der Waals surface area (Å²) >= 11 is 0.782. The molecular weight excluding hydrogens is 272 g/mol. The van der Waals surface area contributed by atoms with Crippen molar-refractivity contribution in [3.8, 4) is 0 Å². The maximum atomic E-state index is 12.5. The molecule has 2 rings (SSSR count). The Morgan fingerprint density at radius 2 is 2.11 bits per heavy atom. The fraction of sp³-hybridized carbons (Fsp3) is 0.727. The minimum absolute atomic E-state index is 0.168. The zero-order valence-corrected chi connectivity index (χ0v) is 12.2. The number of nitrogens with zero attached hydrogens (tertiary/aromatic N) is 1. The summed E-state index contributed by atoms with van der Waals surface area (Å²) in [5.41, 5.74) is 0.446. The lowest BCUT2D eigenvalue weighted by molar-refractivity contribution is 0.396. The molecule has 0 radical (unpaired) electrons. The van der Waals surface area contributed by atoms with Crippen molar-refractivity contribution in [1.29, 1.82) is 0 Å². The molecule has 0 bridgehead atoms. The fourth-order valence-electron chi connectivity index (χ4n) is 1.90. The molecule has 5 nitrogen and oxygen atoms in total. The highest BCUT2D eigenvalue weighted by atomic mass is 32.2. The molecular formula is C11H18N2O3S2. The van der Waals surface area contributed by atoms with Crippen LogP contribution in [-0.4, -0.2) is 30.8 Å². The smallest absolute Gasteiger partial charge is 0.305 e. The molecule has 1 N–H and O–H groups in total. The molecule has 1 aliphatic rings. The Kier molecular flexibility index (Phi) is 3.93. The Hall–Kier alpha value is -0.660. The van der Waals surface area contributed by atoms with Gasteiger partial charge in [-0.15, -0.1) is 0 Å². The molecule has 1 heterocycles. The van der Waals surface area contributed by atoms with E-state index in [0.717, 1.165) is 30.6 Å². The number of aromatic amines is 1. The van der Waals surface area contributed by atoms with Crippen molar-refractivity contribution in [3.05, 3.63) is 15.4 Å². The van der Waals surface area contributed by atoms with Gasteiger partial charge in [-0.3, -0.25) is 4.79 Å². The normalized spacial score (nSPS) is 16.4. The summed E-state index contributed by atoms with van der Waals surface area (Å²) in [5.74, 6) is 0.502. The van der Waals surface area contributed by atoms with Crippen LogP contribution in [0.5, 0.6) is 0 Å². The summed E-state index contributed by atoms with van der Waals surface area (Å²) in [5, 5.41) is 0. The van der Waals surface area contributed by atoms with Crippen molar-refractivity contribution in [2.75, 3.05) is 13.1 Å². The molecule has 0 aliphatic heterocycles. The number of rotatable bonds is 6. The number of aryl methyl sites for hydroxylation is 1. The number of hydrogen-bond donors (Lipinski definition) is 1. The highest BCUT2D eigenvalue weighted by molar-refractivity contribution is 7.91. The van der Waals surface area contributed by atoms with Gasteiger partial charge in [-0.1, -0.05) is 18.3 Å². The van der Waals surface area contributed by atoms with E-state index in [0.29, 0.717) is 24.7 Å². The quantitative estimate of drug-likeness (QED) is 0.864. The summed E-state index contributed by atoms with van der Waals surface area (Å²) in [4.78, 5) is 13.5. The largest absolute Gasteiger partial charge is 0.315 e. The second kappa shape index (κ2) is 5.14. The Bertz CT molecular complexity index is 569. The molecule has 0 amide bonds. The minimum Gasteiger partial charge on any atom is -0.315 e. The Morgan fingerprint density at radius 3 is 2.56 bits per heavy atom. The van der Waals surface area contributed by atoms with Crippen LogP contribution in [0.15, 0.2) is 9.00 Å². The summed E-state index contributed by atoms with van der Waals surface area (Å²) in [6.45, 7) is 4.69. The van der Waals surface area contributed by atoms with Crippen molar-refractivity contribution in [3.63, 3.8) is 0 Å². The monoisotopic (exact) mass is 290 g/mol. The molecule has 0 saturated heterocycles. The second-order valence-electron chi connectivity index (χ2n) is 4.73. The molecule has 7 heteroatoms. The topological polar surface area (TPSA) is 70.2 Å². The van der Waals surface area contributed by atoms with E-state index in [1.165, 1.54) is 4.31 Å². The summed E-state index contributed by atoms with van der Waals surface area (Å²) in [7, 11) is -3.51. The SMILES string of the molecule is CCCN(CC1CC1)S(=O)(=O)c1sc(=O)[nH]c1C. The third kappa shape index (κ3) is 2.84. The van der Waals surface area contributed by atoms with Crippen LogP contribution in [0.2, 0.25) is 0 Å². The molecule has 0 spiro atoms. The third-order valence-corrected chi connectivity index (χ3v) is 6.43. The van der Waals surface area contributed by atoms with E-state index in [2.05, 4.69) is 4.98 Å². The average molecular weight is 290 g/mol. The number of hydrogen-bond acceptors (Lipinski definition) is 4. The van der Waals surface area contributed by atoms with E-state index in [-0.39, 0.29) is 9.08 Å². The average Bonchev–Trinajstić information content (AvgIpc) is 3.02. The first-order valence-corrected chi connectivity index (χ1v) is 8.40. The first kappa shape index (κ1) is 13.8. The van der Waals surface area contributed by atoms with Crippen LogP contribution in [0.3, 0.4) is 0 Å². The van der Waals surface area contributed by atoms with Crippen molar-refractivity contribution >= 4 is 21.4 Å². The van der Waals surface area contributed by atoms with Crippen LogP contribution in [0.1, 0.15) is 31.9 Å². The molecule has 0 atom stereocenters. The predicted octanol–water partition coefficient (Wildman–Crippen LogP) is 1.56. The predicted molar refractivity (Wildman–Crippen MR) is 71.5 cm³/mol. The van der Waals surface area contributed by atoms with Crippen molar-refractivity contribution in [2.24, 2.45) is 5.92 Å². The van der Waals surface area contributed by atoms with Gasteiger partial charge in [0, 0.05) is 18.8 Å². The van der Waals surface area contributed by atoms with E-state index < -0.39 is 10.0 Å². The first-order chi connectivity index (χ1) is 8.45. The van der Waals surface area contributed by atoms with Gasteiger partial charge in [-0.25, -0.2) is 8.42 Å². The standard InChI is InChI=1S/C11H18N2O3S2/c1-3-6-13(7-9-4-5-9)18(15,16)10-8(2)12-11(14)17-10/h9H,3-7H2,1-2H3,(H,12,14). The van der Waals surface area contributed by atoms with Gasteiger partial charge in [0.05, 0.1) is 0 Å². The number of nitrogens with one attached hydrogen (secondary N) is 1. The summed E-state index contributed by atoms with van der Waals surface area (Å²) in [6, 6.07) is 0. The zero-order valence-electron chi connectivity index (χ0n) is 10.6. The second-order valence-corrected chi connectivity index (χ2v) is 7.85. The van der Waals surface area contributed by atoms with Crippen molar-refractivity contribution in [1.82, 2.24) is 9.29 Å². The Morgan fingerprint density at radius 1 is 1.44 bits per heavy atom. The maximum Gasteiger partial charge on any atom is 0.305 e. The number of aromatic nitrogens is 1. The van der Waals surface area contributed by atoms with E-state index in [4.69, 9.17) is 0 Å². The Balaban J connectivity index is 2.31. The van der Waals surface area contributed by atoms with E-state index in [1.807, 2.05) is 6.92 Å². The summed E-state index contributed by atoms with van der Waals surface area (Å²) < 4.78 is 26.7. The molecule has 1 saturated carbocycles. The summed E-state index contributed by atoms with van der Waals surface area (Å²) in [6.07, 6.45) is 3.00. The lowest BCUT2D eigenvalue weighted by Gasteiger charge is -2.20. The molecule has 1 aliphatic carbocycles. The Labute approximate surface area is 111 Å². The van der Waals surface area contributed by atoms with Crippen LogP contribution < -0.4 is 4.87 Å². The first-order valence-electron chi connectivity index (χ1n) is 6.15. The zero-order chi connectivity index (χ0) is 13.3. The van der Waals surface area contributed by atoms with Crippen LogP contribution in [-0.2, 0) is 10.0 Å². The van der Waals surface area contributed by atoms with Gasteiger partial charge < -0.3 is 4.98 Å². The van der Waals surface area contributed by atoms with Crippen LogP contribution >= 0.6 is 11.3 Å². The van der Waals surface area contributed by atoms with Crippen LogP contribution in [0, 0.1) is 12.8 Å². The number of H-pyrrole nitrogens is 1. The molecule has 1 aromatic rings. The van der Waals surface area contributed by atoms with E-state index in [1.54, 1.807) is 6.92 Å². The van der Waals surface area contributed by atoms with Gasteiger partial charge >= 0.3 is 4.87 Å². The lowest BCUT2D eigenvalue weighted by Crippen LogP contribution is -2.33. The highest BCUT2D eigenvalue weighted by Gasteiger charge is 2.33. The molecule has 1 fully saturated rings. The third-order valence-electron chi connectivity index (χ3n) is 2.99. The van der Waals surface area contributed by atoms with Gasteiger partial charge in [0.25, 0.3) is 10.0 Å². The van der Waals surface area contributed by atoms with Gasteiger partial charge in [-0.2, -0.15) is 4.31 Å². The fourth-order valence-corrected chi connectivity index (χ4v) is 4.94. The van der Waals surface area contributed by atoms with Crippen molar-refractivity contribution in [2.45, 2.75) is 37.3 Å². The van der Waals surface area contributed by atoms with Gasteiger partial charge in [-0.05, 0) is 32.1 Å². The minimum atomic E-state index is -3.51. The van der Waals surface area contributed by atoms with Crippen LogP contribution in [0.4, 0.5) is 0 Å². The van der Waals surface area contributed by atoms with Gasteiger partial charge in [0.15, 0.2) is 4.21 Å². The maximum absolute atomic E-state index is 12.5. The molecule has 102 valence electrons. The van der Waals surface area contributed by atoms with Crippen LogP contribution in [0.25, 0.3) is 0 Å². The highest BCUT2D eigenvalue weighted by Crippen LogP contribution is 2.32. The number of sulfonamides is 1. The van der Waals surface area contributed by atoms with E-state index >= 15 is 0 Å². The molecule has 0 aromatic carbocycles. The molecule has 18 heavy (non-hydrogen) atoms. The molecule has 0 unspecified atom stereocenters. The van der Waals surface area contributed by atoms with Crippen molar-refractivity contribution < 1.29 is 8.42 Å². The van der Waals surface area contributed by atoms with Gasteiger partial charge in [0.1, 0.15) is 0 Å².